The average molecular weight is 401 g/mol. The van der Waals surface area contributed by atoms with Crippen LogP contribution in [-0.2, 0) is 14.3 Å². The maximum absolute atomic E-state index is 11.6. The first-order valence-corrected chi connectivity index (χ1v) is 10.7. The van der Waals surface area contributed by atoms with Gasteiger partial charge in [-0.1, -0.05) is 81.0 Å². The number of unbranched alkanes of at least 4 members (excludes halogenated alkanes) is 3. The Morgan fingerprint density at radius 3 is 2.14 bits per heavy atom. The molecule has 1 aliphatic rings. The fourth-order valence-electron chi connectivity index (χ4n) is 2.77. The monoisotopic (exact) mass is 400 g/mol. The maximum atomic E-state index is 11.6. The molecule has 0 amide bonds. The number of hydrogen-bond acceptors (Lipinski definition) is 4. The van der Waals surface area contributed by atoms with Crippen molar-refractivity contribution < 1.29 is 19.4 Å². The molecule has 1 N–H and O–H groups in total. The third kappa shape index (κ3) is 11.2. The van der Waals surface area contributed by atoms with Crippen LogP contribution in [-0.4, -0.2) is 23.8 Å². The molecule has 1 rings (SSSR count). The zero-order chi connectivity index (χ0) is 21.2. The minimum Gasteiger partial charge on any atom is -0.505 e. The van der Waals surface area contributed by atoms with E-state index in [-0.39, 0.29) is 18.1 Å². The topological polar surface area (TPSA) is 55.8 Å². The van der Waals surface area contributed by atoms with Crippen LogP contribution in [0.4, 0.5) is 0 Å². The van der Waals surface area contributed by atoms with Crippen molar-refractivity contribution in [1.82, 2.24) is 0 Å². The Morgan fingerprint density at radius 1 is 0.966 bits per heavy atom. The van der Waals surface area contributed by atoms with Gasteiger partial charge < -0.3 is 14.6 Å². The lowest BCUT2D eigenvalue weighted by molar-refractivity contribution is -0.143. The molecule has 1 aliphatic heterocycles. The fourth-order valence-corrected chi connectivity index (χ4v) is 2.77. The van der Waals surface area contributed by atoms with Crippen molar-refractivity contribution in [1.29, 1.82) is 0 Å². The van der Waals surface area contributed by atoms with Crippen LogP contribution in [0, 0.1) is 0 Å². The summed E-state index contributed by atoms with van der Waals surface area (Å²) in [7, 11) is 0. The van der Waals surface area contributed by atoms with Crippen molar-refractivity contribution >= 4 is 5.97 Å². The number of cyclic esters (lactones) is 1. The largest absolute Gasteiger partial charge is 0.505 e. The van der Waals surface area contributed by atoms with E-state index in [0.29, 0.717) is 6.42 Å². The van der Waals surface area contributed by atoms with Gasteiger partial charge in [-0.05, 0) is 44.9 Å². The molecule has 160 valence electrons. The molecular formula is C25H36O4. The minimum absolute atomic E-state index is 0.0955. The SMILES string of the molecule is C=CCOC1=C(O)[C@H](CC/C=C\C/C=C\C/C=C\C/C=C\CCCCC)OC1=O. The molecule has 0 aromatic carbocycles. The first-order valence-electron chi connectivity index (χ1n) is 10.7. The Hall–Kier alpha value is -2.49. The highest BCUT2D eigenvalue weighted by molar-refractivity contribution is 5.89. The van der Waals surface area contributed by atoms with Gasteiger partial charge in [0.1, 0.15) is 6.61 Å². The normalized spacial score (nSPS) is 17.4. The summed E-state index contributed by atoms with van der Waals surface area (Å²) in [5.74, 6) is -0.823. The van der Waals surface area contributed by atoms with Crippen molar-refractivity contribution in [2.75, 3.05) is 6.61 Å². The zero-order valence-electron chi connectivity index (χ0n) is 17.7. The van der Waals surface area contributed by atoms with E-state index in [2.05, 4.69) is 56.0 Å². The van der Waals surface area contributed by atoms with Gasteiger partial charge in [0.15, 0.2) is 11.9 Å². The summed E-state index contributed by atoms with van der Waals surface area (Å²) in [5.41, 5.74) is 0. The number of ether oxygens (including phenoxy) is 2. The first kappa shape index (κ1) is 24.5. The standard InChI is InChI=1S/C25H36O4/c1-3-5-6-7-8-9-10-11-12-13-14-15-16-17-18-19-20-22-23(26)24(25(27)29-22)28-21-4-2/h4,8-9,11-12,14-15,17-18,22,26H,2-3,5-7,10,13,16,19-21H2,1H3/b9-8-,12-11-,15-14-,18-17-/t22-/m0/s1. The van der Waals surface area contributed by atoms with Crippen LogP contribution in [0.25, 0.3) is 0 Å². The van der Waals surface area contributed by atoms with Gasteiger partial charge in [0.05, 0.1) is 0 Å². The molecule has 1 atom stereocenters. The van der Waals surface area contributed by atoms with Gasteiger partial charge in [-0.15, -0.1) is 0 Å². The van der Waals surface area contributed by atoms with Crippen molar-refractivity contribution in [2.45, 2.75) is 70.8 Å². The van der Waals surface area contributed by atoms with Crippen LogP contribution in [0.5, 0.6) is 0 Å². The lowest BCUT2D eigenvalue weighted by atomic mass is 10.1. The van der Waals surface area contributed by atoms with Crippen LogP contribution < -0.4 is 0 Å². The van der Waals surface area contributed by atoms with E-state index in [0.717, 1.165) is 25.7 Å². The average Bonchev–Trinajstić information content (AvgIpc) is 2.99. The van der Waals surface area contributed by atoms with Crippen LogP contribution in [0.1, 0.15) is 64.7 Å². The van der Waals surface area contributed by atoms with Crippen molar-refractivity contribution in [3.05, 3.63) is 72.8 Å². The number of aliphatic hydroxyl groups is 1. The van der Waals surface area contributed by atoms with Gasteiger partial charge in [-0.2, -0.15) is 0 Å². The Labute approximate surface area is 176 Å². The second-order valence-corrected chi connectivity index (χ2v) is 6.87. The van der Waals surface area contributed by atoms with Gasteiger partial charge in [0.25, 0.3) is 0 Å². The Bertz CT molecular complexity index is 623. The van der Waals surface area contributed by atoms with Gasteiger partial charge >= 0.3 is 5.97 Å². The fraction of sp³-hybridized carbons (Fsp3) is 0.480. The van der Waals surface area contributed by atoms with Gasteiger partial charge in [0, 0.05) is 0 Å². The molecule has 0 saturated carbocycles. The molecule has 0 bridgehead atoms. The number of hydrogen-bond donors (Lipinski definition) is 1. The Kier molecular flexibility index (Phi) is 13.9. The van der Waals surface area contributed by atoms with Crippen molar-refractivity contribution in [3.63, 3.8) is 0 Å². The van der Waals surface area contributed by atoms with E-state index >= 15 is 0 Å². The van der Waals surface area contributed by atoms with E-state index < -0.39 is 12.1 Å². The molecule has 1 heterocycles. The third-order valence-corrected chi connectivity index (χ3v) is 4.37. The molecule has 0 saturated heterocycles. The predicted octanol–water partition coefficient (Wildman–Crippen LogP) is 6.64. The number of aliphatic hydroxyl groups excluding tert-OH is 1. The summed E-state index contributed by atoms with van der Waals surface area (Å²) < 4.78 is 10.3. The lowest BCUT2D eigenvalue weighted by Crippen LogP contribution is -2.10. The number of allylic oxidation sites excluding steroid dienone is 8. The summed E-state index contributed by atoms with van der Waals surface area (Å²) in [4.78, 5) is 11.6. The lowest BCUT2D eigenvalue weighted by Gasteiger charge is -2.07. The quantitative estimate of drug-likeness (QED) is 0.179. The molecule has 0 aromatic rings. The zero-order valence-corrected chi connectivity index (χ0v) is 17.7. The molecule has 0 aliphatic carbocycles. The molecule has 29 heavy (non-hydrogen) atoms. The molecule has 4 heteroatoms. The molecular weight excluding hydrogens is 364 g/mol. The van der Waals surface area contributed by atoms with E-state index in [4.69, 9.17) is 9.47 Å². The molecule has 4 nitrogen and oxygen atoms in total. The third-order valence-electron chi connectivity index (χ3n) is 4.37. The highest BCUT2D eigenvalue weighted by atomic mass is 16.6. The molecule has 0 radical (unpaired) electrons. The molecule has 0 fully saturated rings. The number of carbonyl (C=O) groups excluding carboxylic acids is 1. The van der Waals surface area contributed by atoms with E-state index in [1.807, 2.05) is 6.08 Å². The Morgan fingerprint density at radius 2 is 1.55 bits per heavy atom. The summed E-state index contributed by atoms with van der Waals surface area (Å²) in [6.07, 6.45) is 27.3. The maximum Gasteiger partial charge on any atom is 0.378 e. The summed E-state index contributed by atoms with van der Waals surface area (Å²) >= 11 is 0. The smallest absolute Gasteiger partial charge is 0.378 e. The highest BCUT2D eigenvalue weighted by Crippen LogP contribution is 2.25. The van der Waals surface area contributed by atoms with Crippen LogP contribution in [0.15, 0.2) is 72.8 Å². The number of rotatable bonds is 16. The van der Waals surface area contributed by atoms with Crippen LogP contribution in [0.2, 0.25) is 0 Å². The summed E-state index contributed by atoms with van der Waals surface area (Å²) in [6.45, 7) is 5.90. The van der Waals surface area contributed by atoms with E-state index in [1.165, 1.54) is 31.8 Å². The summed E-state index contributed by atoms with van der Waals surface area (Å²) in [5, 5.41) is 10.00. The number of esters is 1. The second kappa shape index (κ2) is 16.5. The molecule has 0 spiro atoms. The second-order valence-electron chi connectivity index (χ2n) is 6.87. The first-order chi connectivity index (χ1) is 14.2. The number of carbonyl (C=O) groups is 1. The minimum atomic E-state index is -0.617. The van der Waals surface area contributed by atoms with Crippen LogP contribution in [0.3, 0.4) is 0 Å². The van der Waals surface area contributed by atoms with Gasteiger partial charge in [0.2, 0.25) is 5.76 Å². The van der Waals surface area contributed by atoms with Gasteiger partial charge in [-0.3, -0.25) is 0 Å². The van der Waals surface area contributed by atoms with E-state index in [9.17, 15) is 9.90 Å². The van der Waals surface area contributed by atoms with Crippen molar-refractivity contribution in [2.24, 2.45) is 0 Å². The van der Waals surface area contributed by atoms with Crippen molar-refractivity contribution in [3.8, 4) is 0 Å². The molecule has 0 unspecified atom stereocenters. The molecule has 0 aromatic heterocycles. The van der Waals surface area contributed by atoms with Gasteiger partial charge in [-0.25, -0.2) is 4.79 Å². The van der Waals surface area contributed by atoms with Crippen LogP contribution >= 0.6 is 0 Å². The van der Waals surface area contributed by atoms with E-state index in [1.54, 1.807) is 0 Å². The summed E-state index contributed by atoms with van der Waals surface area (Å²) in [6, 6.07) is 0. The predicted molar refractivity (Wildman–Crippen MR) is 119 cm³/mol. The highest BCUT2D eigenvalue weighted by Gasteiger charge is 2.35. The Balaban J connectivity index is 2.10.